The van der Waals surface area contributed by atoms with Crippen molar-refractivity contribution in [3.05, 3.63) is 29.6 Å². The number of carbonyl (C=O) groups is 2. The predicted octanol–water partition coefficient (Wildman–Crippen LogP) is 0.958. The molecule has 142 valence electrons. The maximum absolute atomic E-state index is 13.2. The second-order valence-corrected chi connectivity index (χ2v) is 6.50. The Kier molecular flexibility index (Phi) is 5.15. The van der Waals surface area contributed by atoms with Gasteiger partial charge in [-0.1, -0.05) is 0 Å². The summed E-state index contributed by atoms with van der Waals surface area (Å²) in [5.74, 6) is -1.92. The van der Waals surface area contributed by atoms with Gasteiger partial charge in [-0.2, -0.15) is 13.2 Å². The Morgan fingerprint density at radius 2 is 2.04 bits per heavy atom. The molecule has 0 radical (unpaired) electrons. The van der Waals surface area contributed by atoms with Gasteiger partial charge < -0.3 is 14.7 Å². The van der Waals surface area contributed by atoms with E-state index in [0.717, 1.165) is 12.3 Å². The minimum Gasteiger partial charge on any atom is -0.480 e. The topological polar surface area (TPSA) is 83.0 Å². The van der Waals surface area contributed by atoms with E-state index >= 15 is 0 Å². The van der Waals surface area contributed by atoms with E-state index in [1.54, 1.807) is 4.90 Å². The molecule has 0 aromatic carbocycles. The van der Waals surface area contributed by atoms with E-state index in [9.17, 15) is 22.8 Å². The molecule has 2 bridgehead atoms. The molecule has 3 rings (SSSR count). The molecule has 26 heavy (non-hydrogen) atoms. The first-order chi connectivity index (χ1) is 12.3. The molecule has 2 aliphatic heterocycles. The molecule has 2 saturated heterocycles. The van der Waals surface area contributed by atoms with Gasteiger partial charge in [-0.05, 0) is 12.1 Å². The highest BCUT2D eigenvalue weighted by Crippen LogP contribution is 2.31. The number of pyridine rings is 1. The number of hydrogen-bond acceptors (Lipinski definition) is 5. The normalized spacial score (nSPS) is 24.2. The summed E-state index contributed by atoms with van der Waals surface area (Å²) < 4.78 is 45.1. The molecule has 2 fully saturated rings. The summed E-state index contributed by atoms with van der Waals surface area (Å²) in [5.41, 5.74) is -1.72. The number of carbonyl (C=O) groups excluding carboxylic acids is 1. The van der Waals surface area contributed by atoms with Crippen LogP contribution in [-0.4, -0.2) is 77.2 Å². The first kappa shape index (κ1) is 18.6. The number of carboxylic acid groups (broad SMARTS) is 1. The van der Waals surface area contributed by atoms with Gasteiger partial charge in [0.2, 0.25) is 0 Å². The first-order valence-electron chi connectivity index (χ1n) is 8.10. The highest BCUT2D eigenvalue weighted by molar-refractivity contribution is 5.95. The summed E-state index contributed by atoms with van der Waals surface area (Å²) in [6.45, 7) is 1.15. The van der Waals surface area contributed by atoms with Crippen molar-refractivity contribution in [3.63, 3.8) is 0 Å². The SMILES string of the molecule is O=C(O)CN1C[C@@H]2COC[C@H](C1)N(C(=O)c1cccnc1C(F)(F)F)C2. The Bertz CT molecular complexity index is 698. The van der Waals surface area contributed by atoms with Crippen LogP contribution in [0.5, 0.6) is 0 Å². The summed E-state index contributed by atoms with van der Waals surface area (Å²) in [5, 5.41) is 9.01. The predicted molar refractivity (Wildman–Crippen MR) is 82.4 cm³/mol. The van der Waals surface area contributed by atoms with Crippen molar-refractivity contribution < 1.29 is 32.6 Å². The van der Waals surface area contributed by atoms with Crippen molar-refractivity contribution in [2.75, 3.05) is 39.4 Å². The van der Waals surface area contributed by atoms with Gasteiger partial charge in [0.1, 0.15) is 0 Å². The number of ether oxygens (including phenoxy) is 1. The molecule has 2 aliphatic rings. The van der Waals surface area contributed by atoms with E-state index in [1.807, 2.05) is 0 Å². The van der Waals surface area contributed by atoms with E-state index in [0.29, 0.717) is 13.2 Å². The zero-order valence-electron chi connectivity index (χ0n) is 13.8. The lowest BCUT2D eigenvalue weighted by atomic mass is 10.1. The van der Waals surface area contributed by atoms with Gasteiger partial charge in [0.05, 0.1) is 31.4 Å². The summed E-state index contributed by atoms with van der Waals surface area (Å²) in [7, 11) is 0. The molecule has 3 heterocycles. The lowest BCUT2D eigenvalue weighted by Crippen LogP contribution is -2.47. The lowest BCUT2D eigenvalue weighted by Gasteiger charge is -2.31. The fraction of sp³-hybridized carbons (Fsp3) is 0.562. The zero-order chi connectivity index (χ0) is 18.9. The molecule has 0 saturated carbocycles. The number of amides is 1. The first-order valence-corrected chi connectivity index (χ1v) is 8.10. The summed E-state index contributed by atoms with van der Waals surface area (Å²) in [6, 6.07) is 1.89. The zero-order valence-corrected chi connectivity index (χ0v) is 13.8. The van der Waals surface area contributed by atoms with Crippen LogP contribution in [0.1, 0.15) is 16.1 Å². The minimum absolute atomic E-state index is 0.153. The van der Waals surface area contributed by atoms with Crippen LogP contribution in [-0.2, 0) is 15.7 Å². The third-order valence-electron chi connectivity index (χ3n) is 4.47. The average molecular weight is 373 g/mol. The van der Waals surface area contributed by atoms with Gasteiger partial charge in [-0.25, -0.2) is 0 Å². The second-order valence-electron chi connectivity index (χ2n) is 6.50. The number of hydrogen-bond donors (Lipinski definition) is 1. The largest absolute Gasteiger partial charge is 0.480 e. The van der Waals surface area contributed by atoms with Crippen LogP contribution in [0.25, 0.3) is 0 Å². The minimum atomic E-state index is -4.74. The molecule has 1 amide bonds. The number of fused-ring (bicyclic) bond motifs is 3. The van der Waals surface area contributed by atoms with Crippen molar-refractivity contribution >= 4 is 11.9 Å². The molecular formula is C16H18F3N3O4. The molecule has 1 aromatic rings. The molecule has 7 nitrogen and oxygen atoms in total. The molecule has 0 aliphatic carbocycles. The fourth-order valence-electron chi connectivity index (χ4n) is 3.47. The standard InChI is InChI=1S/C16H18F3N3O4/c17-16(18,19)14-12(2-1-3-20-14)15(25)22-5-10-4-21(7-13(23)24)6-11(22)9-26-8-10/h1-3,10-11H,4-9H2,(H,23,24)/t10-,11-/m0/s1. The van der Waals surface area contributed by atoms with Crippen molar-refractivity contribution in [2.45, 2.75) is 12.2 Å². The molecule has 2 atom stereocenters. The Morgan fingerprint density at radius 1 is 1.27 bits per heavy atom. The highest BCUT2D eigenvalue weighted by Gasteiger charge is 2.41. The van der Waals surface area contributed by atoms with Crippen LogP contribution in [0.4, 0.5) is 13.2 Å². The number of aromatic nitrogens is 1. The van der Waals surface area contributed by atoms with Crippen LogP contribution in [0.2, 0.25) is 0 Å². The Morgan fingerprint density at radius 3 is 2.73 bits per heavy atom. The van der Waals surface area contributed by atoms with Gasteiger partial charge in [-0.3, -0.25) is 19.5 Å². The number of carboxylic acids is 1. The lowest BCUT2D eigenvalue weighted by molar-refractivity contribution is -0.142. The third-order valence-corrected chi connectivity index (χ3v) is 4.47. The van der Waals surface area contributed by atoms with E-state index in [2.05, 4.69) is 4.98 Å². The van der Waals surface area contributed by atoms with E-state index < -0.39 is 35.4 Å². The van der Waals surface area contributed by atoms with Gasteiger partial charge >= 0.3 is 12.1 Å². The Balaban J connectivity index is 1.89. The maximum atomic E-state index is 13.2. The van der Waals surface area contributed by atoms with Crippen LogP contribution in [0.15, 0.2) is 18.3 Å². The number of aliphatic carboxylic acids is 1. The summed E-state index contributed by atoms with van der Waals surface area (Å²) in [6.07, 6.45) is -3.74. The van der Waals surface area contributed by atoms with Crippen LogP contribution >= 0.6 is 0 Å². The van der Waals surface area contributed by atoms with E-state index in [4.69, 9.17) is 9.84 Å². The quantitative estimate of drug-likeness (QED) is 0.850. The average Bonchev–Trinajstić information content (AvgIpc) is 2.83. The number of rotatable bonds is 3. The van der Waals surface area contributed by atoms with Crippen molar-refractivity contribution in [1.82, 2.24) is 14.8 Å². The molecular weight excluding hydrogens is 355 g/mol. The summed E-state index contributed by atoms with van der Waals surface area (Å²) >= 11 is 0. The van der Waals surface area contributed by atoms with Crippen LogP contribution < -0.4 is 0 Å². The monoisotopic (exact) mass is 373 g/mol. The highest BCUT2D eigenvalue weighted by atomic mass is 19.4. The smallest absolute Gasteiger partial charge is 0.434 e. The molecule has 0 spiro atoms. The van der Waals surface area contributed by atoms with E-state index in [1.165, 1.54) is 11.0 Å². The molecule has 1 N–H and O–H groups in total. The maximum Gasteiger partial charge on any atom is 0.434 e. The molecule has 0 unspecified atom stereocenters. The van der Waals surface area contributed by atoms with Crippen molar-refractivity contribution in [3.8, 4) is 0 Å². The molecule has 10 heteroatoms. The number of alkyl halides is 3. The van der Waals surface area contributed by atoms with Gasteiger partial charge in [-0.15, -0.1) is 0 Å². The van der Waals surface area contributed by atoms with Gasteiger partial charge in [0.25, 0.3) is 5.91 Å². The van der Waals surface area contributed by atoms with E-state index in [-0.39, 0.29) is 32.2 Å². The van der Waals surface area contributed by atoms with Crippen LogP contribution in [0.3, 0.4) is 0 Å². The van der Waals surface area contributed by atoms with Gasteiger partial charge in [0.15, 0.2) is 5.69 Å². The Labute approximate surface area is 147 Å². The summed E-state index contributed by atoms with van der Waals surface area (Å²) in [4.78, 5) is 30.3. The third kappa shape index (κ3) is 3.96. The van der Waals surface area contributed by atoms with Gasteiger partial charge in [0, 0.05) is 31.7 Å². The fourth-order valence-corrected chi connectivity index (χ4v) is 3.47. The number of halogens is 3. The number of nitrogens with zero attached hydrogens (tertiary/aromatic N) is 3. The second kappa shape index (κ2) is 7.20. The van der Waals surface area contributed by atoms with Crippen LogP contribution in [0, 0.1) is 5.92 Å². The van der Waals surface area contributed by atoms with Crippen molar-refractivity contribution in [2.24, 2.45) is 5.92 Å². The molecule has 1 aromatic heterocycles. The van der Waals surface area contributed by atoms with Crippen molar-refractivity contribution in [1.29, 1.82) is 0 Å². The Hall–Kier alpha value is -2.20.